The largest absolute Gasteiger partial charge is 0.464 e. The highest BCUT2D eigenvalue weighted by Crippen LogP contribution is 2.55. The molecule has 24 atom stereocenters. The summed E-state index contributed by atoms with van der Waals surface area (Å²) in [6, 6.07) is -11.1. The fourth-order valence-corrected chi connectivity index (χ4v) is 20.1. The van der Waals surface area contributed by atoms with Crippen molar-refractivity contribution in [2.24, 2.45) is 9.98 Å². The minimum atomic E-state index is -2.72. The van der Waals surface area contributed by atoms with Crippen molar-refractivity contribution in [2.45, 2.75) is 246 Å². The molecule has 0 spiro atoms. The number of aliphatic imine (C=N–C) groups is 2. The van der Waals surface area contributed by atoms with Gasteiger partial charge in [-0.2, -0.15) is 0 Å². The summed E-state index contributed by atoms with van der Waals surface area (Å²) in [7, 11) is 1.00. The number of ether oxygens (including phenoxy) is 6. The van der Waals surface area contributed by atoms with Crippen LogP contribution < -0.4 is 58.5 Å². The number of nitrogens with one attached hydrogen (secondary N) is 11. The quantitative estimate of drug-likeness (QED) is 0.0507. The van der Waals surface area contributed by atoms with E-state index in [0.29, 0.717) is 11.3 Å². The number of amides is 10. The maximum absolute atomic E-state index is 15.8. The summed E-state index contributed by atoms with van der Waals surface area (Å²) in [6.07, 6.45) is -14.2. The summed E-state index contributed by atoms with van der Waals surface area (Å²) in [6.45, 7) is 31.6. The number of fused-ring (bicyclic) bond motifs is 8. The van der Waals surface area contributed by atoms with Gasteiger partial charge in [0.1, 0.15) is 103 Å². The number of carbonyl (C=O) groups is 12. The second-order valence-electron chi connectivity index (χ2n) is 32.9. The molecule has 11 heterocycles. The van der Waals surface area contributed by atoms with Crippen molar-refractivity contribution >= 4 is 134 Å². The number of rotatable bonds is 15. The molecule has 1 aliphatic carbocycles. The van der Waals surface area contributed by atoms with Crippen LogP contribution in [-0.2, 0) is 77.1 Å². The SMILES string of the molecule is C=C1NC(=O)C(=C)NC(=O)C(C(C)OC2CC(OC3CC(O)C(O)C(C)O3)C(O)C(C)O2)NC2C=Cc3c(C(C)O)cc(nc3C2O)C(=O)OC(C)C2NC(=O)c3csc(n3)C(C(C)(O)CC)NC(=O)C3CSC(=N3)/C(=C\C)NC(=O)C(C(C)O)NC(=O)c3csc(n3)C3(CCC4C(C)=NC(CO)(C(=O)NC(=C)C(=O)NC(=C)C(=O)OC)N4C3c3csc2n3)NC(=O)C(=C)NC1=O. The molecule has 3 fully saturated rings. The van der Waals surface area contributed by atoms with Crippen LogP contribution in [0.2, 0.25) is 0 Å². The predicted octanol–water partition coefficient (Wildman–Crippen LogP) is -0.888. The van der Waals surface area contributed by atoms with Crippen molar-refractivity contribution in [3.63, 3.8) is 0 Å². The van der Waals surface area contributed by atoms with E-state index < -0.39 is 262 Å². The number of pyridine rings is 1. The number of esters is 2. The lowest BCUT2D eigenvalue weighted by atomic mass is 9.75. The molecule has 44 nitrogen and oxygen atoms in total. The number of allylic oxidation sites excluding steroid dienone is 1. The number of nitrogens with zero attached hydrogens (tertiary/aromatic N) is 7. The zero-order chi connectivity index (χ0) is 96.5. The first-order valence-corrected chi connectivity index (χ1v) is 45.4. The highest BCUT2D eigenvalue weighted by atomic mass is 32.2. The van der Waals surface area contributed by atoms with E-state index in [1.165, 1.54) is 101 Å². The first-order valence-electron chi connectivity index (χ1n) is 41.7. The molecule has 7 aliphatic heterocycles. The van der Waals surface area contributed by atoms with Crippen LogP contribution >= 0.6 is 45.8 Å². The molecule has 12 rings (SSSR count). The Bertz CT molecular complexity index is 5440. The summed E-state index contributed by atoms with van der Waals surface area (Å²) in [5.41, 5.74) is -12.5. The van der Waals surface area contributed by atoms with Gasteiger partial charge in [-0.05, 0) is 93.2 Å². The third-order valence-electron chi connectivity index (χ3n) is 23.6. The summed E-state index contributed by atoms with van der Waals surface area (Å²) >= 11 is 3.33. The van der Waals surface area contributed by atoms with E-state index in [0.717, 1.165) is 41.5 Å². The van der Waals surface area contributed by atoms with E-state index >= 15 is 28.8 Å². The summed E-state index contributed by atoms with van der Waals surface area (Å²) in [5.74, 6) is -13.9. The second kappa shape index (κ2) is 40.8. The Balaban J connectivity index is 1.02. The van der Waals surface area contributed by atoms with Gasteiger partial charge in [0.15, 0.2) is 12.6 Å². The number of aliphatic hydroxyl groups is 8. The van der Waals surface area contributed by atoms with Crippen molar-refractivity contribution in [1.82, 2.24) is 83.3 Å². The van der Waals surface area contributed by atoms with Gasteiger partial charge >= 0.3 is 11.9 Å². The maximum atomic E-state index is 15.8. The van der Waals surface area contributed by atoms with Crippen molar-refractivity contribution in [1.29, 1.82) is 0 Å². The monoisotopic (exact) mass is 1910 g/mol. The van der Waals surface area contributed by atoms with Gasteiger partial charge in [-0.25, -0.2) is 34.4 Å². The molecule has 132 heavy (non-hydrogen) atoms. The van der Waals surface area contributed by atoms with Gasteiger partial charge < -0.3 is 122 Å². The van der Waals surface area contributed by atoms with Gasteiger partial charge in [-0.15, -0.1) is 45.8 Å². The number of hydrogen-bond donors (Lipinski definition) is 19. The van der Waals surface area contributed by atoms with Crippen molar-refractivity contribution < 1.29 is 127 Å². The molecular weight excluding hydrogens is 1810 g/mol. The highest BCUT2D eigenvalue weighted by Gasteiger charge is 2.65. The number of thiazole rings is 3. The molecule has 0 radical (unpaired) electrons. The van der Waals surface area contributed by atoms with Gasteiger partial charge in [-0.1, -0.05) is 58.0 Å². The normalized spacial score (nSPS) is 31.6. The van der Waals surface area contributed by atoms with E-state index in [2.05, 4.69) is 111 Å². The minimum Gasteiger partial charge on any atom is -0.464 e. The lowest BCUT2D eigenvalue weighted by molar-refractivity contribution is -0.310. The molecule has 24 unspecified atom stereocenters. The van der Waals surface area contributed by atoms with Crippen LogP contribution in [0.15, 0.2) is 111 Å². The van der Waals surface area contributed by atoms with Crippen LogP contribution in [0.5, 0.6) is 0 Å². The summed E-state index contributed by atoms with van der Waals surface area (Å²) in [5, 5.41) is 124. The van der Waals surface area contributed by atoms with Gasteiger partial charge in [0.2, 0.25) is 23.4 Å². The van der Waals surface area contributed by atoms with Crippen LogP contribution in [0.4, 0.5) is 0 Å². The Morgan fingerprint density at radius 2 is 1.40 bits per heavy atom. The van der Waals surface area contributed by atoms with Gasteiger partial charge in [0.25, 0.3) is 41.4 Å². The summed E-state index contributed by atoms with van der Waals surface area (Å²) < 4.78 is 35.5. The number of carbonyl (C=O) groups excluding carboxylic acids is 12. The first kappa shape index (κ1) is 100.0. The van der Waals surface area contributed by atoms with Crippen LogP contribution in [0.1, 0.15) is 201 Å². The summed E-state index contributed by atoms with van der Waals surface area (Å²) in [4.78, 5) is 207. The third-order valence-corrected chi connectivity index (χ3v) is 27.6. The number of methoxy groups -OCH3 is 1. The Morgan fingerprint density at radius 3 is 2.06 bits per heavy atom. The van der Waals surface area contributed by atoms with E-state index in [9.17, 15) is 69.6 Å². The van der Waals surface area contributed by atoms with Crippen molar-refractivity contribution in [3.05, 3.63) is 156 Å². The van der Waals surface area contributed by atoms with Gasteiger partial charge in [0, 0.05) is 46.0 Å². The molecule has 0 aromatic carbocycles. The molecule has 4 aromatic rings. The molecule has 710 valence electrons. The molecule has 13 bridgehead atoms. The average molecular weight is 1910 g/mol. The van der Waals surface area contributed by atoms with Crippen LogP contribution in [0, 0.1) is 0 Å². The molecule has 10 amide bonds. The maximum Gasteiger partial charge on any atom is 0.357 e. The number of aromatic nitrogens is 4. The fourth-order valence-electron chi connectivity index (χ4n) is 16.1. The molecule has 8 aliphatic rings. The Kier molecular flexibility index (Phi) is 30.9. The minimum absolute atomic E-state index is 0.00179. The Morgan fingerprint density at radius 1 is 0.758 bits per heavy atom. The first-order chi connectivity index (χ1) is 62.3. The molecular formula is C84H104N18O26S4. The standard InChI is InChI=1S/C84H104N18O26S4/c1-17-45-75-94-50(27-129-75)72(116)99-64(82(15,122)18-2)77-95-49(28-131-77)70(114)98-59-40(12)127-79(120)47-23-44(37(9)104)43-19-20-46(63(109)60(43)91-47)90-58(39(11)124-56-25-54(62(108)42(14)126-56)128-55-24-53(106)61(107)41(13)125-55)74(118)87-33(5)67(111)85-32(4)66(110)86-35(7)69(113)101-83(81-96-51(29-132-81)71(115)97-57(38(10)105)73(117)92-45)22-21-52-31(3)100-84(30-103,102(52)65(83)48-26-130-76(59)93-48)80(121)89-34(6)68(112)88-36(8)78(119)123-16/h17,19-20,23,26,28-29,37-42,46,50,52-59,61-65,90,103-109,122H,4-8,18,21-22,24-25,27,30H2,1-3,9-16H3,(H,85,111)(H,86,110)(H,87,118)(H,88,112)(H,89,121)(H,92,117)(H,97,115)(H,98,114)(H,99,116)(H,101,113)/b45-17+. The smallest absolute Gasteiger partial charge is 0.357 e. The topological polar surface area (TPSA) is 634 Å². The van der Waals surface area contributed by atoms with E-state index in [1.807, 2.05) is 0 Å². The highest BCUT2D eigenvalue weighted by molar-refractivity contribution is 8.14. The Labute approximate surface area is 771 Å². The van der Waals surface area contributed by atoms with E-state index in [4.69, 9.17) is 38.6 Å². The lowest BCUT2D eigenvalue weighted by Gasteiger charge is -2.53. The zero-order valence-corrected chi connectivity index (χ0v) is 76.6. The zero-order valence-electron chi connectivity index (χ0n) is 73.3. The molecule has 4 aromatic heterocycles. The second-order valence-corrected chi connectivity index (χ2v) is 36.6. The van der Waals surface area contributed by atoms with Crippen molar-refractivity contribution in [3.8, 4) is 0 Å². The van der Waals surface area contributed by atoms with Crippen LogP contribution in [-0.4, -0.2) is 276 Å². The molecule has 0 saturated carbocycles. The number of thioether (sulfide) groups is 1. The predicted molar refractivity (Wildman–Crippen MR) is 471 cm³/mol. The number of piperidine rings is 1. The van der Waals surface area contributed by atoms with Crippen molar-refractivity contribution in [2.75, 3.05) is 19.5 Å². The van der Waals surface area contributed by atoms with E-state index in [1.54, 1.807) is 13.8 Å². The molecule has 3 saturated heterocycles. The van der Waals surface area contributed by atoms with Crippen LogP contribution in [0.3, 0.4) is 0 Å². The van der Waals surface area contributed by atoms with Gasteiger partial charge in [0.05, 0.1) is 120 Å². The third kappa shape index (κ3) is 20.8. The number of aliphatic hydroxyl groups excluding tert-OH is 7. The van der Waals surface area contributed by atoms with Gasteiger partial charge in [-0.3, -0.25) is 63.2 Å². The number of cyclic esters (lactones) is 1. The fraction of sp³-hybridized carbons (Fsp3) is 0.500. The Hall–Kier alpha value is -11.0. The molecule has 19 N–H and O–H groups in total. The average Bonchev–Trinajstić information content (AvgIpc) is 1.52. The lowest BCUT2D eigenvalue weighted by Crippen LogP contribution is -2.69. The number of hydrogen-bond acceptors (Lipinski definition) is 38. The van der Waals surface area contributed by atoms with Crippen LogP contribution in [0.25, 0.3) is 6.08 Å². The van der Waals surface area contributed by atoms with E-state index in [-0.39, 0.29) is 97.5 Å². The molecule has 48 heteroatoms.